The second kappa shape index (κ2) is 12.6. The van der Waals surface area contributed by atoms with E-state index < -0.39 is 7.82 Å². The first-order chi connectivity index (χ1) is 10.9. The van der Waals surface area contributed by atoms with Crippen LogP contribution in [0.25, 0.3) is 0 Å². The van der Waals surface area contributed by atoms with Crippen LogP contribution in [0.5, 0.6) is 0 Å². The second-order valence-electron chi connectivity index (χ2n) is 4.96. The Balaban J connectivity index is 4.72. The molecule has 0 atom stereocenters. The molecule has 0 amide bonds. The SMILES string of the molecule is C/C(=C\COP(=O)(OC/C=C(\C)CO)OC/C=C(\C)CO)CO. The number of hydrogen-bond donors (Lipinski definition) is 3. The van der Waals surface area contributed by atoms with Crippen molar-refractivity contribution in [2.45, 2.75) is 20.8 Å². The molecule has 0 spiro atoms. The fourth-order valence-corrected chi connectivity index (χ4v) is 2.11. The van der Waals surface area contributed by atoms with Crippen LogP contribution < -0.4 is 0 Å². The first kappa shape index (κ1) is 22.2. The Labute approximate surface area is 137 Å². The largest absolute Gasteiger partial charge is 0.475 e. The van der Waals surface area contributed by atoms with Gasteiger partial charge < -0.3 is 15.3 Å². The quantitative estimate of drug-likeness (QED) is 0.365. The van der Waals surface area contributed by atoms with Crippen molar-refractivity contribution in [3.63, 3.8) is 0 Å². The average Bonchev–Trinajstić information content (AvgIpc) is 2.54. The van der Waals surface area contributed by atoms with Gasteiger partial charge in [0.15, 0.2) is 0 Å². The zero-order valence-electron chi connectivity index (χ0n) is 13.9. The third kappa shape index (κ3) is 11.4. The lowest BCUT2D eigenvalue weighted by atomic mass is 10.3. The summed E-state index contributed by atoms with van der Waals surface area (Å²) in [5.41, 5.74) is 2.01. The lowest BCUT2D eigenvalue weighted by Crippen LogP contribution is -2.03. The van der Waals surface area contributed by atoms with Gasteiger partial charge in [0.05, 0.1) is 39.6 Å². The zero-order chi connectivity index (χ0) is 17.7. The Morgan fingerprint density at radius 1 is 0.739 bits per heavy atom. The van der Waals surface area contributed by atoms with E-state index in [2.05, 4.69) is 0 Å². The maximum absolute atomic E-state index is 12.5. The topological polar surface area (TPSA) is 105 Å². The Hall–Kier alpha value is -0.790. The lowest BCUT2D eigenvalue weighted by Gasteiger charge is -2.16. The van der Waals surface area contributed by atoms with Crippen LogP contribution >= 0.6 is 7.82 Å². The summed E-state index contributed by atoms with van der Waals surface area (Å²) in [7, 11) is -3.80. The average molecular weight is 350 g/mol. The van der Waals surface area contributed by atoms with E-state index in [4.69, 9.17) is 28.9 Å². The molecule has 8 heteroatoms. The van der Waals surface area contributed by atoms with E-state index in [1.165, 1.54) is 0 Å². The van der Waals surface area contributed by atoms with E-state index in [0.717, 1.165) is 0 Å². The molecule has 0 rings (SSSR count). The van der Waals surface area contributed by atoms with Crippen LogP contribution in [0.15, 0.2) is 34.9 Å². The number of phosphoric ester groups is 1. The van der Waals surface area contributed by atoms with Crippen LogP contribution in [0.1, 0.15) is 20.8 Å². The molecule has 0 aliphatic carbocycles. The highest BCUT2D eigenvalue weighted by molar-refractivity contribution is 7.48. The number of phosphoric acid groups is 1. The minimum Gasteiger partial charge on any atom is -0.392 e. The van der Waals surface area contributed by atoms with E-state index in [1.54, 1.807) is 39.0 Å². The molecule has 0 fully saturated rings. The molecule has 0 aromatic carbocycles. The van der Waals surface area contributed by atoms with Crippen molar-refractivity contribution in [1.82, 2.24) is 0 Å². The fraction of sp³-hybridized carbons (Fsp3) is 0.600. The summed E-state index contributed by atoms with van der Waals surface area (Å²) in [6.07, 6.45) is 4.72. The van der Waals surface area contributed by atoms with E-state index >= 15 is 0 Å². The standard InChI is InChI=1S/C15H27O7P/c1-13(10-16)4-7-20-23(19,21-8-5-14(2)11-17)22-9-6-15(3)12-18/h4-6,16-18H,7-12H2,1-3H3/b13-4+,14-5+,15-6+. The summed E-state index contributed by atoms with van der Waals surface area (Å²) in [5, 5.41) is 26.7. The van der Waals surface area contributed by atoms with Crippen LogP contribution in [0.4, 0.5) is 0 Å². The monoisotopic (exact) mass is 350 g/mol. The van der Waals surface area contributed by atoms with E-state index in [-0.39, 0.29) is 39.6 Å². The number of rotatable bonds is 12. The van der Waals surface area contributed by atoms with E-state index in [0.29, 0.717) is 16.7 Å². The predicted molar refractivity (Wildman–Crippen MR) is 88.0 cm³/mol. The van der Waals surface area contributed by atoms with E-state index in [1.807, 2.05) is 0 Å². The van der Waals surface area contributed by atoms with Gasteiger partial charge in [-0.3, -0.25) is 13.6 Å². The smallest absolute Gasteiger partial charge is 0.392 e. The van der Waals surface area contributed by atoms with Crippen LogP contribution in [0, 0.1) is 0 Å². The third-order valence-electron chi connectivity index (χ3n) is 2.74. The molecule has 0 bridgehead atoms. The van der Waals surface area contributed by atoms with Crippen molar-refractivity contribution in [3.8, 4) is 0 Å². The molecular weight excluding hydrogens is 323 g/mol. The number of hydrogen-bond acceptors (Lipinski definition) is 7. The molecule has 0 saturated carbocycles. The predicted octanol–water partition coefficient (Wildman–Crippen LogP) is 1.96. The summed E-state index contributed by atoms with van der Waals surface area (Å²) in [5.74, 6) is 0. The minimum atomic E-state index is -3.80. The van der Waals surface area contributed by atoms with Gasteiger partial charge in [0.2, 0.25) is 0 Å². The maximum atomic E-state index is 12.5. The Morgan fingerprint density at radius 3 is 1.22 bits per heavy atom. The van der Waals surface area contributed by atoms with Crippen LogP contribution in [0.3, 0.4) is 0 Å². The van der Waals surface area contributed by atoms with E-state index in [9.17, 15) is 4.57 Å². The molecule has 7 nitrogen and oxygen atoms in total. The first-order valence-corrected chi connectivity index (χ1v) is 8.66. The molecule has 3 N–H and O–H groups in total. The van der Waals surface area contributed by atoms with Crippen LogP contribution in [0.2, 0.25) is 0 Å². The molecule has 0 unspecified atom stereocenters. The van der Waals surface area contributed by atoms with Gasteiger partial charge in [-0.2, -0.15) is 0 Å². The molecule has 134 valence electrons. The Bertz CT molecular complexity index is 402. The molecule has 0 radical (unpaired) electrons. The normalized spacial score (nSPS) is 14.4. The molecule has 0 heterocycles. The van der Waals surface area contributed by atoms with Gasteiger partial charge in [0.25, 0.3) is 0 Å². The highest BCUT2D eigenvalue weighted by Gasteiger charge is 2.25. The molecular formula is C15H27O7P. The van der Waals surface area contributed by atoms with Gasteiger partial charge >= 0.3 is 7.82 Å². The van der Waals surface area contributed by atoms with Crippen molar-refractivity contribution < 1.29 is 33.5 Å². The van der Waals surface area contributed by atoms with Crippen LogP contribution in [-0.2, 0) is 18.1 Å². The third-order valence-corrected chi connectivity index (χ3v) is 4.14. The second-order valence-corrected chi connectivity index (χ2v) is 6.63. The molecule has 0 aliphatic rings. The minimum absolute atomic E-state index is 0.0327. The van der Waals surface area contributed by atoms with Crippen molar-refractivity contribution in [2.75, 3.05) is 39.6 Å². The Morgan fingerprint density at radius 2 is 1.00 bits per heavy atom. The number of aliphatic hydroxyl groups is 3. The lowest BCUT2D eigenvalue weighted by molar-refractivity contribution is 0.140. The van der Waals surface area contributed by atoms with Gasteiger partial charge in [-0.05, 0) is 37.5 Å². The summed E-state index contributed by atoms with van der Waals surface area (Å²) < 4.78 is 28.0. The van der Waals surface area contributed by atoms with Gasteiger partial charge in [-0.25, -0.2) is 4.57 Å². The molecule has 0 aromatic heterocycles. The van der Waals surface area contributed by atoms with Crippen molar-refractivity contribution in [2.24, 2.45) is 0 Å². The van der Waals surface area contributed by atoms with Crippen LogP contribution in [-0.4, -0.2) is 55.0 Å². The first-order valence-electron chi connectivity index (χ1n) is 7.20. The summed E-state index contributed by atoms with van der Waals surface area (Å²) in [4.78, 5) is 0. The van der Waals surface area contributed by atoms with Crippen molar-refractivity contribution in [3.05, 3.63) is 34.9 Å². The molecule has 0 aromatic rings. The number of aliphatic hydroxyl groups excluding tert-OH is 3. The summed E-state index contributed by atoms with van der Waals surface area (Å²) >= 11 is 0. The van der Waals surface area contributed by atoms with Gasteiger partial charge in [0, 0.05) is 0 Å². The highest BCUT2D eigenvalue weighted by atomic mass is 31.2. The van der Waals surface area contributed by atoms with Gasteiger partial charge in [0.1, 0.15) is 0 Å². The van der Waals surface area contributed by atoms with Gasteiger partial charge in [-0.1, -0.05) is 18.2 Å². The fourth-order valence-electron chi connectivity index (χ4n) is 1.12. The zero-order valence-corrected chi connectivity index (χ0v) is 14.8. The Kier molecular flexibility index (Phi) is 12.2. The maximum Gasteiger partial charge on any atom is 0.475 e. The summed E-state index contributed by atoms with van der Waals surface area (Å²) in [6.45, 7) is 4.66. The highest BCUT2D eigenvalue weighted by Crippen LogP contribution is 2.49. The van der Waals surface area contributed by atoms with Crippen molar-refractivity contribution >= 4 is 7.82 Å². The summed E-state index contributed by atoms with van der Waals surface area (Å²) in [6, 6.07) is 0. The molecule has 23 heavy (non-hydrogen) atoms. The molecule has 0 aliphatic heterocycles. The van der Waals surface area contributed by atoms with Gasteiger partial charge in [-0.15, -0.1) is 0 Å². The molecule has 0 saturated heterocycles. The van der Waals surface area contributed by atoms with Crippen molar-refractivity contribution in [1.29, 1.82) is 0 Å².